The number of aromatic nitrogens is 3. The zero-order valence-electron chi connectivity index (χ0n) is 19.6. The number of primary sulfonamides is 1. The van der Waals surface area contributed by atoms with Crippen LogP contribution in [0.25, 0.3) is 27.6 Å². The molecule has 2 heterocycles. The van der Waals surface area contributed by atoms with Crippen LogP contribution in [0.1, 0.15) is 16.2 Å². The number of carbonyl (C=O) groups excluding carboxylic acids is 1. The van der Waals surface area contributed by atoms with Crippen molar-refractivity contribution in [2.45, 2.75) is 11.1 Å². The number of halogens is 4. The van der Waals surface area contributed by atoms with Crippen LogP contribution in [-0.4, -0.2) is 29.1 Å². The number of alkyl halides is 3. The summed E-state index contributed by atoms with van der Waals surface area (Å²) in [5.41, 5.74) is -0.685. The lowest BCUT2D eigenvalue weighted by molar-refractivity contribution is -0.141. The highest BCUT2D eigenvalue weighted by atomic mass is 35.5. The third-order valence-electron chi connectivity index (χ3n) is 5.77. The van der Waals surface area contributed by atoms with Crippen molar-refractivity contribution in [3.8, 4) is 16.8 Å². The molecule has 0 unspecified atom stereocenters. The summed E-state index contributed by atoms with van der Waals surface area (Å²) in [6.45, 7) is 0. The molecule has 0 spiro atoms. The standard InChI is InChI=1S/C26H17ClF3N5O3S/c27-18-8-5-16-12-19(9-6-15(16)11-18)35-21(13-23(34-35)26(28,29)30)25(36)33-24-10-7-17(14-32-24)20-3-1-2-4-22(20)39(31,37)38/h1-14H,(H2,31,37,38)(H,32,33,36). The fourth-order valence-electron chi connectivity index (χ4n) is 3.97. The Bertz CT molecular complexity index is 1840. The lowest BCUT2D eigenvalue weighted by Crippen LogP contribution is -2.17. The molecule has 39 heavy (non-hydrogen) atoms. The van der Waals surface area contributed by atoms with Gasteiger partial charge in [0.15, 0.2) is 5.69 Å². The first-order valence-corrected chi connectivity index (χ1v) is 13.1. The van der Waals surface area contributed by atoms with E-state index in [2.05, 4.69) is 15.4 Å². The molecule has 13 heteroatoms. The number of carbonyl (C=O) groups is 1. The van der Waals surface area contributed by atoms with Gasteiger partial charge in [0.25, 0.3) is 5.91 Å². The van der Waals surface area contributed by atoms with Gasteiger partial charge in [0.2, 0.25) is 10.0 Å². The molecule has 8 nitrogen and oxygen atoms in total. The number of benzene rings is 3. The number of nitrogens with one attached hydrogen (secondary N) is 1. The smallest absolute Gasteiger partial charge is 0.305 e. The van der Waals surface area contributed by atoms with Crippen molar-refractivity contribution in [2.24, 2.45) is 5.14 Å². The molecule has 5 rings (SSSR count). The molecule has 5 aromatic rings. The number of pyridine rings is 1. The number of amides is 1. The van der Waals surface area contributed by atoms with E-state index < -0.39 is 27.8 Å². The van der Waals surface area contributed by atoms with E-state index in [4.69, 9.17) is 16.7 Å². The Balaban J connectivity index is 1.48. The molecular formula is C26H17ClF3N5O3S. The number of nitrogens with zero attached hydrogens (tertiary/aromatic N) is 3. The van der Waals surface area contributed by atoms with Gasteiger partial charge >= 0.3 is 6.18 Å². The summed E-state index contributed by atoms with van der Waals surface area (Å²) < 4.78 is 65.3. The molecule has 0 fully saturated rings. The summed E-state index contributed by atoms with van der Waals surface area (Å²) in [6, 6.07) is 19.4. The van der Waals surface area contributed by atoms with Crippen molar-refractivity contribution in [1.82, 2.24) is 14.8 Å². The third kappa shape index (κ3) is 5.48. The van der Waals surface area contributed by atoms with Crippen LogP contribution in [0.2, 0.25) is 5.02 Å². The van der Waals surface area contributed by atoms with Crippen LogP contribution < -0.4 is 10.5 Å². The zero-order chi connectivity index (χ0) is 27.9. The van der Waals surface area contributed by atoms with E-state index in [0.29, 0.717) is 27.6 Å². The van der Waals surface area contributed by atoms with Gasteiger partial charge in [-0.25, -0.2) is 23.2 Å². The number of rotatable bonds is 5. The van der Waals surface area contributed by atoms with E-state index in [-0.39, 0.29) is 22.1 Å². The quantitative estimate of drug-likeness (QED) is 0.282. The van der Waals surface area contributed by atoms with Crippen molar-refractivity contribution < 1.29 is 26.4 Å². The lowest BCUT2D eigenvalue weighted by atomic mass is 10.1. The predicted molar refractivity (Wildman–Crippen MR) is 140 cm³/mol. The van der Waals surface area contributed by atoms with Crippen LogP contribution in [0.15, 0.2) is 90.0 Å². The molecule has 0 saturated heterocycles. The van der Waals surface area contributed by atoms with E-state index in [1.807, 2.05) is 0 Å². The number of nitrogens with two attached hydrogens (primary N) is 1. The highest BCUT2D eigenvalue weighted by Gasteiger charge is 2.36. The largest absolute Gasteiger partial charge is 0.435 e. The van der Waals surface area contributed by atoms with Gasteiger partial charge in [0.05, 0.1) is 10.6 Å². The molecule has 0 bridgehead atoms. The minimum atomic E-state index is -4.79. The Kier molecular flexibility index (Phi) is 6.62. The van der Waals surface area contributed by atoms with Gasteiger partial charge in [0.1, 0.15) is 11.5 Å². The summed E-state index contributed by atoms with van der Waals surface area (Å²) >= 11 is 6.01. The zero-order valence-corrected chi connectivity index (χ0v) is 21.2. The highest BCUT2D eigenvalue weighted by molar-refractivity contribution is 7.89. The minimum absolute atomic E-state index is 0.0197. The highest BCUT2D eigenvalue weighted by Crippen LogP contribution is 2.31. The summed E-state index contributed by atoms with van der Waals surface area (Å²) in [6.07, 6.45) is -3.48. The normalized spacial score (nSPS) is 12.0. The molecule has 0 radical (unpaired) electrons. The summed E-state index contributed by atoms with van der Waals surface area (Å²) in [7, 11) is -4.01. The van der Waals surface area contributed by atoms with Gasteiger partial charge in [-0.2, -0.15) is 18.3 Å². The van der Waals surface area contributed by atoms with Crippen LogP contribution in [0.3, 0.4) is 0 Å². The molecule has 2 aromatic heterocycles. The van der Waals surface area contributed by atoms with Crippen LogP contribution in [0, 0.1) is 0 Å². The Morgan fingerprint density at radius 3 is 2.36 bits per heavy atom. The molecular weight excluding hydrogens is 555 g/mol. The number of anilines is 1. The summed E-state index contributed by atoms with van der Waals surface area (Å²) in [5, 5.41) is 13.3. The molecule has 0 atom stereocenters. The number of hydrogen-bond donors (Lipinski definition) is 2. The number of fused-ring (bicyclic) bond motifs is 1. The molecule has 0 aliphatic carbocycles. The maximum Gasteiger partial charge on any atom is 0.435 e. The molecule has 0 saturated carbocycles. The van der Waals surface area contributed by atoms with Crippen molar-refractivity contribution in [3.05, 3.63) is 101 Å². The van der Waals surface area contributed by atoms with Gasteiger partial charge in [-0.15, -0.1) is 0 Å². The minimum Gasteiger partial charge on any atom is -0.305 e. The first-order valence-electron chi connectivity index (χ1n) is 11.2. The second-order valence-electron chi connectivity index (χ2n) is 8.43. The molecule has 198 valence electrons. The van der Waals surface area contributed by atoms with Crippen LogP contribution >= 0.6 is 11.6 Å². The molecule has 0 aliphatic heterocycles. The monoisotopic (exact) mass is 571 g/mol. The van der Waals surface area contributed by atoms with Crippen LogP contribution in [0.4, 0.5) is 19.0 Å². The van der Waals surface area contributed by atoms with Crippen molar-refractivity contribution in [1.29, 1.82) is 0 Å². The first kappa shape index (κ1) is 26.4. The summed E-state index contributed by atoms with van der Waals surface area (Å²) in [5.74, 6) is -0.870. The van der Waals surface area contributed by atoms with Crippen molar-refractivity contribution in [2.75, 3.05) is 5.32 Å². The Morgan fingerprint density at radius 2 is 1.67 bits per heavy atom. The van der Waals surface area contributed by atoms with Gasteiger partial charge < -0.3 is 5.32 Å². The molecule has 3 aromatic carbocycles. The maximum atomic E-state index is 13.5. The van der Waals surface area contributed by atoms with Gasteiger partial charge in [-0.05, 0) is 53.2 Å². The van der Waals surface area contributed by atoms with E-state index in [9.17, 15) is 26.4 Å². The topological polar surface area (TPSA) is 120 Å². The second kappa shape index (κ2) is 9.80. The number of sulfonamides is 1. The van der Waals surface area contributed by atoms with Crippen LogP contribution in [0.5, 0.6) is 0 Å². The second-order valence-corrected chi connectivity index (χ2v) is 10.4. The first-order chi connectivity index (χ1) is 18.4. The van der Waals surface area contributed by atoms with E-state index >= 15 is 0 Å². The van der Waals surface area contributed by atoms with E-state index in [1.165, 1.54) is 36.5 Å². The lowest BCUT2D eigenvalue weighted by Gasteiger charge is -2.10. The van der Waals surface area contributed by atoms with Gasteiger partial charge in [-0.1, -0.05) is 41.9 Å². The molecule has 1 amide bonds. The Morgan fingerprint density at radius 1 is 0.949 bits per heavy atom. The average Bonchev–Trinajstić information content (AvgIpc) is 3.35. The number of hydrogen-bond acceptors (Lipinski definition) is 5. The van der Waals surface area contributed by atoms with Crippen molar-refractivity contribution >= 4 is 44.1 Å². The fraction of sp³-hybridized carbons (Fsp3) is 0.0385. The van der Waals surface area contributed by atoms with Crippen LogP contribution in [-0.2, 0) is 16.2 Å². The van der Waals surface area contributed by atoms with Gasteiger partial charge in [0, 0.05) is 28.4 Å². The van der Waals surface area contributed by atoms with Crippen molar-refractivity contribution in [3.63, 3.8) is 0 Å². The third-order valence-corrected chi connectivity index (χ3v) is 6.98. The average molecular weight is 572 g/mol. The fourth-order valence-corrected chi connectivity index (χ4v) is 4.92. The molecule has 3 N–H and O–H groups in total. The Labute approximate surface area is 224 Å². The predicted octanol–water partition coefficient (Wildman–Crippen LogP) is 5.66. The molecule has 0 aliphatic rings. The SMILES string of the molecule is NS(=O)(=O)c1ccccc1-c1ccc(NC(=O)c2cc(C(F)(F)F)nn2-c2ccc3cc(Cl)ccc3c2)nc1. The Hall–Kier alpha value is -4.26. The maximum absolute atomic E-state index is 13.5. The van der Waals surface area contributed by atoms with E-state index in [1.54, 1.807) is 42.5 Å². The van der Waals surface area contributed by atoms with Gasteiger partial charge in [-0.3, -0.25) is 4.79 Å². The van der Waals surface area contributed by atoms with E-state index in [0.717, 1.165) is 10.1 Å². The summed E-state index contributed by atoms with van der Waals surface area (Å²) in [4.78, 5) is 17.1.